The van der Waals surface area contributed by atoms with Gasteiger partial charge in [-0.1, -0.05) is 6.08 Å². The summed E-state index contributed by atoms with van der Waals surface area (Å²) in [7, 11) is 0. The van der Waals surface area contributed by atoms with Crippen molar-refractivity contribution in [3.63, 3.8) is 0 Å². The summed E-state index contributed by atoms with van der Waals surface area (Å²) in [5, 5.41) is 8.86. The second-order valence-electron chi connectivity index (χ2n) is 3.66. The first kappa shape index (κ1) is 13.1. The van der Waals surface area contributed by atoms with Crippen LogP contribution in [0.4, 0.5) is 0 Å². The number of thioether (sulfide) groups is 1. The van der Waals surface area contributed by atoms with Crippen LogP contribution in [0.25, 0.3) is 0 Å². The van der Waals surface area contributed by atoms with Gasteiger partial charge in [-0.2, -0.15) is 0 Å². The van der Waals surface area contributed by atoms with Crippen LogP contribution in [0, 0.1) is 0 Å². The van der Waals surface area contributed by atoms with Crippen LogP contribution in [0.15, 0.2) is 12.7 Å². The van der Waals surface area contributed by atoms with Gasteiger partial charge in [-0.3, -0.25) is 4.79 Å². The molecule has 1 saturated heterocycles. The highest BCUT2D eigenvalue weighted by Gasteiger charge is 2.40. The van der Waals surface area contributed by atoms with Crippen molar-refractivity contribution in [2.45, 2.75) is 30.8 Å². The molecular formula is C10H16N2O3S. The topological polar surface area (TPSA) is 83.6 Å². The molecule has 0 bridgehead atoms. The number of carbonyl (C=O) groups is 2. The van der Waals surface area contributed by atoms with Gasteiger partial charge in [0.2, 0.25) is 5.91 Å². The Hall–Kier alpha value is -1.01. The average molecular weight is 244 g/mol. The number of carboxylic acids is 1. The van der Waals surface area contributed by atoms with Gasteiger partial charge in [0.05, 0.1) is 11.4 Å². The Balaban J connectivity index is 2.78. The van der Waals surface area contributed by atoms with Gasteiger partial charge < -0.3 is 15.7 Å². The van der Waals surface area contributed by atoms with Crippen molar-refractivity contribution in [1.29, 1.82) is 0 Å². The molecular weight excluding hydrogens is 228 g/mol. The largest absolute Gasteiger partial charge is 0.480 e. The van der Waals surface area contributed by atoms with E-state index in [0.29, 0.717) is 12.2 Å². The number of hydrogen-bond donors (Lipinski definition) is 2. The molecule has 0 aromatic rings. The van der Waals surface area contributed by atoms with Crippen molar-refractivity contribution < 1.29 is 14.7 Å². The predicted octanol–water partition coefficient (Wildman–Crippen LogP) is 0.264. The number of amides is 1. The minimum atomic E-state index is -0.976. The van der Waals surface area contributed by atoms with Crippen LogP contribution in [0.2, 0.25) is 0 Å². The summed E-state index contributed by atoms with van der Waals surface area (Å²) in [4.78, 5) is 24.3. The van der Waals surface area contributed by atoms with Crippen LogP contribution in [0.1, 0.15) is 13.3 Å². The van der Waals surface area contributed by atoms with Gasteiger partial charge in [0.15, 0.2) is 0 Å². The number of aliphatic carboxylic acids is 1. The zero-order chi connectivity index (χ0) is 12.3. The van der Waals surface area contributed by atoms with Gasteiger partial charge in [0.25, 0.3) is 0 Å². The van der Waals surface area contributed by atoms with E-state index in [-0.39, 0.29) is 11.3 Å². The second kappa shape index (κ2) is 5.36. The standard InChI is InChI=1S/C10H16N2O3S/c1-3-4-7(11)9(13)12-6(2)16-5-8(12)10(14)15/h3,6-8H,1,4-5,11H2,2H3,(H,14,15). The molecule has 0 aromatic carbocycles. The highest BCUT2D eigenvalue weighted by molar-refractivity contribution is 8.00. The Morgan fingerprint density at radius 3 is 2.88 bits per heavy atom. The molecule has 1 heterocycles. The lowest BCUT2D eigenvalue weighted by Gasteiger charge is -2.27. The minimum Gasteiger partial charge on any atom is -0.480 e. The molecule has 0 saturated carbocycles. The van der Waals surface area contributed by atoms with E-state index >= 15 is 0 Å². The van der Waals surface area contributed by atoms with Gasteiger partial charge in [0, 0.05) is 5.75 Å². The van der Waals surface area contributed by atoms with Gasteiger partial charge in [0.1, 0.15) is 6.04 Å². The SMILES string of the molecule is C=CCC(N)C(=O)N1C(C)SCC1C(=O)O. The molecule has 1 rings (SSSR count). The Labute approximate surface area is 98.7 Å². The third kappa shape index (κ3) is 2.56. The summed E-state index contributed by atoms with van der Waals surface area (Å²) in [5.41, 5.74) is 5.67. The van der Waals surface area contributed by atoms with Crippen molar-refractivity contribution in [2.75, 3.05) is 5.75 Å². The van der Waals surface area contributed by atoms with Crippen LogP contribution in [0.3, 0.4) is 0 Å². The van der Waals surface area contributed by atoms with Crippen molar-refractivity contribution in [1.82, 2.24) is 4.90 Å². The lowest BCUT2D eigenvalue weighted by atomic mass is 10.1. The molecule has 0 aliphatic carbocycles. The highest BCUT2D eigenvalue weighted by atomic mass is 32.2. The fourth-order valence-corrected chi connectivity index (χ4v) is 2.81. The summed E-state index contributed by atoms with van der Waals surface area (Å²) in [6.45, 7) is 5.32. The minimum absolute atomic E-state index is 0.135. The average Bonchev–Trinajstić information content (AvgIpc) is 2.59. The number of nitrogens with zero attached hydrogens (tertiary/aromatic N) is 1. The molecule has 1 amide bonds. The first-order valence-corrected chi connectivity index (χ1v) is 6.07. The van der Waals surface area contributed by atoms with Crippen molar-refractivity contribution in [3.8, 4) is 0 Å². The van der Waals surface area contributed by atoms with Crippen molar-refractivity contribution in [2.24, 2.45) is 5.73 Å². The maximum Gasteiger partial charge on any atom is 0.327 e. The summed E-state index contributed by atoms with van der Waals surface area (Å²) >= 11 is 1.45. The molecule has 3 atom stereocenters. The number of nitrogens with two attached hydrogens (primary N) is 1. The molecule has 0 radical (unpaired) electrons. The summed E-state index contributed by atoms with van der Waals surface area (Å²) in [5.74, 6) is -0.871. The summed E-state index contributed by atoms with van der Waals surface area (Å²) in [6.07, 6.45) is 1.92. The zero-order valence-corrected chi connectivity index (χ0v) is 9.94. The van der Waals surface area contributed by atoms with Gasteiger partial charge >= 0.3 is 5.97 Å². The Morgan fingerprint density at radius 2 is 2.38 bits per heavy atom. The molecule has 0 aromatic heterocycles. The lowest BCUT2D eigenvalue weighted by molar-refractivity contribution is -0.149. The van der Waals surface area contributed by atoms with E-state index < -0.39 is 18.1 Å². The van der Waals surface area contributed by atoms with Crippen LogP contribution < -0.4 is 5.73 Å². The van der Waals surface area contributed by atoms with E-state index in [4.69, 9.17) is 10.8 Å². The van der Waals surface area contributed by atoms with Gasteiger partial charge in [-0.15, -0.1) is 18.3 Å². The number of carboxylic acid groups (broad SMARTS) is 1. The number of rotatable bonds is 4. The van der Waals surface area contributed by atoms with Crippen LogP contribution in [0.5, 0.6) is 0 Å². The molecule has 1 aliphatic rings. The maximum atomic E-state index is 11.9. The van der Waals surface area contributed by atoms with Crippen LogP contribution in [-0.2, 0) is 9.59 Å². The second-order valence-corrected chi connectivity index (χ2v) is 5.01. The first-order chi connectivity index (χ1) is 7.49. The monoisotopic (exact) mass is 244 g/mol. The summed E-state index contributed by atoms with van der Waals surface area (Å²) < 4.78 is 0. The quantitative estimate of drug-likeness (QED) is 0.693. The molecule has 3 N–H and O–H groups in total. The normalized spacial score (nSPS) is 26.5. The fourth-order valence-electron chi connectivity index (χ4n) is 1.64. The maximum absolute atomic E-state index is 11.9. The molecule has 90 valence electrons. The molecule has 1 aliphatic heterocycles. The number of carbonyl (C=O) groups excluding carboxylic acids is 1. The number of hydrogen-bond acceptors (Lipinski definition) is 4. The molecule has 16 heavy (non-hydrogen) atoms. The van der Waals surface area contributed by atoms with E-state index in [1.807, 2.05) is 6.92 Å². The van der Waals surface area contributed by atoms with Crippen molar-refractivity contribution in [3.05, 3.63) is 12.7 Å². The van der Waals surface area contributed by atoms with Gasteiger partial charge in [-0.05, 0) is 13.3 Å². The first-order valence-electron chi connectivity index (χ1n) is 5.02. The van der Waals surface area contributed by atoms with Crippen LogP contribution in [-0.4, -0.2) is 45.1 Å². The Kier molecular flexibility index (Phi) is 4.37. The molecule has 6 heteroatoms. The Bertz CT molecular complexity index is 308. The van der Waals surface area contributed by atoms with E-state index in [1.54, 1.807) is 6.08 Å². The van der Waals surface area contributed by atoms with E-state index in [2.05, 4.69) is 6.58 Å². The fraction of sp³-hybridized carbons (Fsp3) is 0.600. The zero-order valence-electron chi connectivity index (χ0n) is 9.13. The predicted molar refractivity (Wildman–Crippen MR) is 63.0 cm³/mol. The summed E-state index contributed by atoms with van der Waals surface area (Å²) in [6, 6.07) is -1.45. The highest BCUT2D eigenvalue weighted by Crippen LogP contribution is 2.29. The van der Waals surface area contributed by atoms with E-state index in [1.165, 1.54) is 16.7 Å². The molecule has 5 nitrogen and oxygen atoms in total. The van der Waals surface area contributed by atoms with E-state index in [0.717, 1.165) is 0 Å². The van der Waals surface area contributed by atoms with Crippen molar-refractivity contribution >= 4 is 23.6 Å². The third-order valence-electron chi connectivity index (χ3n) is 2.50. The van der Waals surface area contributed by atoms with E-state index in [9.17, 15) is 9.59 Å². The lowest BCUT2D eigenvalue weighted by Crippen LogP contribution is -2.51. The molecule has 3 unspecified atom stereocenters. The Morgan fingerprint density at radius 1 is 1.75 bits per heavy atom. The van der Waals surface area contributed by atoms with Gasteiger partial charge in [-0.25, -0.2) is 4.79 Å². The third-order valence-corrected chi connectivity index (χ3v) is 3.72. The molecule has 0 spiro atoms. The van der Waals surface area contributed by atoms with Crippen LogP contribution >= 0.6 is 11.8 Å². The molecule has 1 fully saturated rings. The smallest absolute Gasteiger partial charge is 0.327 e.